The van der Waals surface area contributed by atoms with Crippen LogP contribution in [0.15, 0.2) is 65.4 Å². The molecule has 2 aromatic rings. The molecule has 2 aliphatic heterocycles. The molecule has 2 heterocycles. The SMILES string of the molecule is Cc1ccc2c(c1)[NH+]=C1C3=C(C(=O)c4ccccc4C3=O)C(NCCCN3CCC[C@H](C)C3)=CC1O2. The molecule has 0 amide bonds. The van der Waals surface area contributed by atoms with Gasteiger partial charge in [-0.1, -0.05) is 37.3 Å². The molecule has 2 aliphatic carbocycles. The van der Waals surface area contributed by atoms with Crippen LogP contribution in [0.4, 0.5) is 5.69 Å². The summed E-state index contributed by atoms with van der Waals surface area (Å²) in [6, 6.07) is 13.1. The Labute approximate surface area is 211 Å². The molecule has 0 saturated carbocycles. The van der Waals surface area contributed by atoms with Crippen molar-refractivity contribution in [1.29, 1.82) is 0 Å². The molecule has 0 radical (unpaired) electrons. The first kappa shape index (κ1) is 22.9. The highest BCUT2D eigenvalue weighted by atomic mass is 16.5. The maximum atomic E-state index is 13.8. The van der Waals surface area contributed by atoms with Crippen LogP contribution in [0.5, 0.6) is 5.75 Å². The van der Waals surface area contributed by atoms with Crippen LogP contribution in [0.1, 0.15) is 52.5 Å². The first-order valence-electron chi connectivity index (χ1n) is 13.0. The fraction of sp³-hybridized carbons (Fsp3) is 0.367. The molecule has 0 bridgehead atoms. The largest absolute Gasteiger partial charge is 0.468 e. The van der Waals surface area contributed by atoms with Gasteiger partial charge < -0.3 is 15.0 Å². The number of nitrogens with zero attached hydrogens (tertiary/aromatic N) is 1. The minimum Gasteiger partial charge on any atom is -0.468 e. The Morgan fingerprint density at radius 2 is 1.86 bits per heavy atom. The lowest BCUT2D eigenvalue weighted by Crippen LogP contribution is -2.73. The summed E-state index contributed by atoms with van der Waals surface area (Å²) in [5, 5.41) is 3.50. The van der Waals surface area contributed by atoms with Gasteiger partial charge in [0.15, 0.2) is 11.5 Å². The summed E-state index contributed by atoms with van der Waals surface area (Å²) in [6.07, 6.45) is 5.02. The Kier molecular flexibility index (Phi) is 5.84. The van der Waals surface area contributed by atoms with E-state index >= 15 is 0 Å². The number of likely N-dealkylation sites (tertiary alicyclic amines) is 1. The molecule has 1 saturated heterocycles. The smallest absolute Gasteiger partial charge is 0.246 e. The van der Waals surface area contributed by atoms with Crippen molar-refractivity contribution in [2.75, 3.05) is 26.2 Å². The number of ether oxygens (including phenoxy) is 1. The number of fused-ring (bicyclic) bond motifs is 4. The Hall–Kier alpha value is -3.51. The monoisotopic (exact) mass is 482 g/mol. The summed E-state index contributed by atoms with van der Waals surface area (Å²) < 4.78 is 6.33. The number of nitrogens with one attached hydrogen (secondary N) is 2. The Bertz CT molecular complexity index is 1350. The van der Waals surface area contributed by atoms with Crippen molar-refractivity contribution in [1.82, 2.24) is 10.2 Å². The lowest BCUT2D eigenvalue weighted by molar-refractivity contribution is -0.363. The van der Waals surface area contributed by atoms with Crippen LogP contribution in [0, 0.1) is 12.8 Å². The van der Waals surface area contributed by atoms with Crippen molar-refractivity contribution < 1.29 is 19.3 Å². The number of hydrogen-bond acceptors (Lipinski definition) is 5. The van der Waals surface area contributed by atoms with Crippen LogP contribution < -0.4 is 15.0 Å². The van der Waals surface area contributed by atoms with Gasteiger partial charge in [0.2, 0.25) is 23.3 Å². The molecule has 2 N–H and O–H groups in total. The molecule has 184 valence electrons. The van der Waals surface area contributed by atoms with Crippen molar-refractivity contribution in [3.63, 3.8) is 0 Å². The molecule has 1 unspecified atom stereocenters. The summed E-state index contributed by atoms with van der Waals surface area (Å²) in [5.74, 6) is 1.24. The van der Waals surface area contributed by atoms with E-state index in [9.17, 15) is 9.59 Å². The van der Waals surface area contributed by atoms with Gasteiger partial charge in [-0.2, -0.15) is 0 Å². The van der Waals surface area contributed by atoms with Crippen LogP contribution >= 0.6 is 0 Å². The van der Waals surface area contributed by atoms with Crippen molar-refractivity contribution in [2.24, 2.45) is 5.92 Å². The normalized spacial score (nSPS) is 23.1. The van der Waals surface area contributed by atoms with Gasteiger partial charge in [0, 0.05) is 36.0 Å². The Balaban J connectivity index is 1.33. The number of rotatable bonds is 5. The third-order valence-electron chi connectivity index (χ3n) is 7.63. The summed E-state index contributed by atoms with van der Waals surface area (Å²) in [5.41, 5.74) is 5.02. The number of carbonyl (C=O) groups excluding carboxylic acids is 2. The number of Topliss-reactive ketones (excluding diaryl/α,β-unsaturated/α-hetero) is 2. The van der Waals surface area contributed by atoms with E-state index in [1.54, 1.807) is 18.2 Å². The number of allylic oxidation sites excluding steroid dienone is 1. The molecule has 6 heteroatoms. The highest BCUT2D eigenvalue weighted by Gasteiger charge is 2.46. The van der Waals surface area contributed by atoms with E-state index in [0.717, 1.165) is 55.5 Å². The maximum Gasteiger partial charge on any atom is 0.246 e. The van der Waals surface area contributed by atoms with E-state index in [-0.39, 0.29) is 11.6 Å². The summed E-state index contributed by atoms with van der Waals surface area (Å²) in [4.78, 5) is 33.4. The molecular formula is C30H32N3O3+. The third kappa shape index (κ3) is 3.99. The first-order valence-corrected chi connectivity index (χ1v) is 13.0. The van der Waals surface area contributed by atoms with Crippen LogP contribution in [0.2, 0.25) is 0 Å². The molecule has 4 aliphatic rings. The lowest BCUT2D eigenvalue weighted by Gasteiger charge is -2.32. The summed E-state index contributed by atoms with van der Waals surface area (Å²) >= 11 is 0. The molecule has 36 heavy (non-hydrogen) atoms. The van der Waals surface area contributed by atoms with Crippen LogP contribution in [-0.4, -0.2) is 54.5 Å². The zero-order valence-corrected chi connectivity index (χ0v) is 20.9. The Morgan fingerprint density at radius 1 is 1.08 bits per heavy atom. The third-order valence-corrected chi connectivity index (χ3v) is 7.63. The molecule has 2 atom stereocenters. The molecule has 6 rings (SSSR count). The van der Waals surface area contributed by atoms with Crippen molar-refractivity contribution in [2.45, 2.75) is 39.2 Å². The topological polar surface area (TPSA) is 72.6 Å². The average molecular weight is 483 g/mol. The minimum absolute atomic E-state index is 0.119. The fourth-order valence-electron chi connectivity index (χ4n) is 5.87. The van der Waals surface area contributed by atoms with Crippen molar-refractivity contribution in [3.8, 4) is 5.75 Å². The number of ketones is 2. The summed E-state index contributed by atoms with van der Waals surface area (Å²) in [7, 11) is 0. The Morgan fingerprint density at radius 3 is 2.64 bits per heavy atom. The van der Waals surface area contributed by atoms with E-state index < -0.39 is 6.10 Å². The number of aryl methyl sites for hydroxylation is 1. The van der Waals surface area contributed by atoms with E-state index in [4.69, 9.17) is 4.74 Å². The average Bonchev–Trinajstić information content (AvgIpc) is 2.88. The molecule has 2 aromatic carbocycles. The highest BCUT2D eigenvalue weighted by molar-refractivity contribution is 6.39. The predicted octanol–water partition coefficient (Wildman–Crippen LogP) is 2.89. The summed E-state index contributed by atoms with van der Waals surface area (Å²) in [6.45, 7) is 8.40. The second kappa shape index (κ2) is 9.17. The fourth-order valence-corrected chi connectivity index (χ4v) is 5.87. The molecule has 6 nitrogen and oxygen atoms in total. The minimum atomic E-state index is -0.466. The van der Waals surface area contributed by atoms with Gasteiger partial charge in [0.1, 0.15) is 5.57 Å². The van der Waals surface area contributed by atoms with E-state index in [1.165, 1.54) is 12.8 Å². The van der Waals surface area contributed by atoms with E-state index in [1.807, 2.05) is 37.3 Å². The second-order valence-electron chi connectivity index (χ2n) is 10.4. The van der Waals surface area contributed by atoms with Gasteiger partial charge >= 0.3 is 0 Å². The predicted molar refractivity (Wildman–Crippen MR) is 139 cm³/mol. The standard InChI is InChI=1S/C30H31N3O3/c1-18-10-11-24-22(15-18)32-28-25(36-24)16-23(31-12-6-14-33-13-5-7-19(2)17-33)26-27(28)30(35)21-9-4-3-8-20(21)29(26)34/h3-4,8-11,15-16,19,25,31H,5-7,12-14,17H2,1-2H3/p+1/t19-,25?/m0/s1. The number of benzene rings is 2. The number of hydrogen-bond donors (Lipinski definition) is 2. The van der Waals surface area contributed by atoms with Crippen LogP contribution in [0.3, 0.4) is 0 Å². The van der Waals surface area contributed by atoms with Gasteiger partial charge in [-0.15, -0.1) is 0 Å². The molecule has 0 aromatic heterocycles. The zero-order chi connectivity index (χ0) is 24.8. The highest BCUT2D eigenvalue weighted by Crippen LogP contribution is 2.36. The number of carbonyl (C=O) groups is 2. The maximum absolute atomic E-state index is 13.8. The first-order chi connectivity index (χ1) is 17.5. The van der Waals surface area contributed by atoms with Gasteiger partial charge in [0.05, 0.1) is 5.57 Å². The van der Waals surface area contributed by atoms with Gasteiger partial charge in [-0.3, -0.25) is 9.59 Å². The van der Waals surface area contributed by atoms with Gasteiger partial charge in [-0.05, 0) is 62.9 Å². The van der Waals surface area contributed by atoms with Crippen LogP contribution in [-0.2, 0) is 0 Å². The molecular weight excluding hydrogens is 450 g/mol. The van der Waals surface area contributed by atoms with E-state index in [0.29, 0.717) is 33.7 Å². The van der Waals surface area contributed by atoms with Crippen molar-refractivity contribution in [3.05, 3.63) is 82.1 Å². The second-order valence-corrected chi connectivity index (χ2v) is 10.4. The van der Waals surface area contributed by atoms with Gasteiger partial charge in [-0.25, -0.2) is 4.99 Å². The van der Waals surface area contributed by atoms with Crippen LogP contribution in [0.25, 0.3) is 0 Å². The zero-order valence-electron chi connectivity index (χ0n) is 20.9. The van der Waals surface area contributed by atoms with Gasteiger partial charge in [0.25, 0.3) is 0 Å². The number of piperidine rings is 1. The quantitative estimate of drug-likeness (QED) is 0.642. The lowest BCUT2D eigenvalue weighted by atomic mass is 9.76. The molecule has 1 fully saturated rings. The van der Waals surface area contributed by atoms with Crippen molar-refractivity contribution >= 4 is 23.0 Å². The van der Waals surface area contributed by atoms with E-state index in [2.05, 4.69) is 22.1 Å². The molecule has 0 spiro atoms.